The first-order valence-corrected chi connectivity index (χ1v) is 8.36. The van der Waals surface area contributed by atoms with E-state index in [9.17, 15) is 9.59 Å². The zero-order valence-corrected chi connectivity index (χ0v) is 14.6. The van der Waals surface area contributed by atoms with Gasteiger partial charge in [0, 0.05) is 19.2 Å². The van der Waals surface area contributed by atoms with E-state index >= 15 is 0 Å². The summed E-state index contributed by atoms with van der Waals surface area (Å²) in [6.45, 7) is 1.53. The van der Waals surface area contributed by atoms with Crippen LogP contribution in [-0.2, 0) is 4.74 Å². The first kappa shape index (κ1) is 16.5. The van der Waals surface area contributed by atoms with E-state index in [0.29, 0.717) is 18.2 Å². The van der Waals surface area contributed by atoms with Gasteiger partial charge in [-0.05, 0) is 18.6 Å². The highest BCUT2D eigenvalue weighted by Gasteiger charge is 2.40. The molecule has 0 radical (unpaired) electrons. The molecule has 2 bridgehead atoms. The first-order chi connectivity index (χ1) is 12.6. The lowest BCUT2D eigenvalue weighted by molar-refractivity contribution is 0.0594. The van der Waals surface area contributed by atoms with Crippen LogP contribution in [0.2, 0.25) is 5.15 Å². The number of nitrogens with zero attached hydrogens (tertiary/aromatic N) is 5. The largest absolute Gasteiger partial charge is 0.464 e. The number of anilines is 3. The molecule has 2 aromatic heterocycles. The fourth-order valence-corrected chi connectivity index (χ4v) is 3.41. The number of ether oxygens (including phenoxy) is 1. The topological polar surface area (TPSA) is 101 Å². The molecule has 4 heterocycles. The lowest BCUT2D eigenvalue weighted by atomic mass is 10.2. The molecule has 2 aliphatic rings. The summed E-state index contributed by atoms with van der Waals surface area (Å²) in [7, 11) is 1.29. The second kappa shape index (κ2) is 6.41. The van der Waals surface area contributed by atoms with Crippen molar-refractivity contribution in [3.05, 3.63) is 35.4 Å². The summed E-state index contributed by atoms with van der Waals surface area (Å²) in [6, 6.07) is 4.42. The van der Waals surface area contributed by atoms with Crippen molar-refractivity contribution >= 4 is 40.9 Å². The summed E-state index contributed by atoms with van der Waals surface area (Å²) >= 11 is 5.84. The van der Waals surface area contributed by atoms with E-state index in [0.717, 1.165) is 18.7 Å². The van der Waals surface area contributed by atoms with E-state index in [1.165, 1.54) is 19.5 Å². The molecular weight excluding hydrogens is 360 g/mol. The van der Waals surface area contributed by atoms with E-state index in [1.54, 1.807) is 17.0 Å². The molecule has 0 aliphatic carbocycles. The fraction of sp³-hybridized carbons (Fsp3) is 0.312. The summed E-state index contributed by atoms with van der Waals surface area (Å²) in [6.07, 6.45) is 2.08. The maximum atomic E-state index is 12.9. The van der Waals surface area contributed by atoms with Gasteiger partial charge in [0.2, 0.25) is 0 Å². The zero-order valence-electron chi connectivity index (χ0n) is 13.8. The number of nitrogens with one attached hydrogen (secondary N) is 1. The third-order valence-electron chi connectivity index (χ3n) is 4.43. The van der Waals surface area contributed by atoms with Gasteiger partial charge in [-0.15, -0.1) is 0 Å². The molecule has 9 nitrogen and oxygen atoms in total. The third kappa shape index (κ3) is 2.80. The Bertz CT molecular complexity index is 892. The van der Waals surface area contributed by atoms with Crippen LogP contribution >= 0.6 is 11.6 Å². The van der Waals surface area contributed by atoms with Crippen molar-refractivity contribution in [1.82, 2.24) is 15.0 Å². The van der Waals surface area contributed by atoms with Crippen LogP contribution in [0.4, 0.5) is 22.1 Å². The monoisotopic (exact) mass is 374 g/mol. The Labute approximate surface area is 153 Å². The summed E-state index contributed by atoms with van der Waals surface area (Å²) in [5, 5.41) is 2.94. The number of methoxy groups -OCH3 is 1. The minimum Gasteiger partial charge on any atom is -0.464 e. The number of urea groups is 1. The van der Waals surface area contributed by atoms with Crippen molar-refractivity contribution in [2.45, 2.75) is 12.5 Å². The Morgan fingerprint density at radius 3 is 2.96 bits per heavy atom. The van der Waals surface area contributed by atoms with Crippen LogP contribution in [0.25, 0.3) is 0 Å². The number of carbonyl (C=O) groups is 2. The molecule has 26 heavy (non-hydrogen) atoms. The summed E-state index contributed by atoms with van der Waals surface area (Å²) in [5.74, 6) is 0.170. The van der Waals surface area contributed by atoms with E-state index in [1.807, 2.05) is 0 Å². The summed E-state index contributed by atoms with van der Waals surface area (Å²) < 4.78 is 4.74. The van der Waals surface area contributed by atoms with Gasteiger partial charge in [-0.1, -0.05) is 11.6 Å². The highest BCUT2D eigenvalue weighted by Crippen LogP contribution is 2.39. The van der Waals surface area contributed by atoms with Gasteiger partial charge in [0.05, 0.1) is 18.8 Å². The number of carbonyl (C=O) groups excluding carboxylic acids is 2. The standard InChI is InChI=1S/C16H15ClN6O3/c1-26-15(24)10-2-3-11-14(20-10)23(9-4-5-22(11)7-9)16(25)21-13-6-12(17)18-8-19-13/h2-3,6,8-9H,4-5,7H2,1H3,(H,18,19,21,25)/t9-/m0/s1. The third-order valence-corrected chi connectivity index (χ3v) is 4.64. The molecule has 0 saturated carbocycles. The Hall–Kier alpha value is -2.94. The highest BCUT2D eigenvalue weighted by atomic mass is 35.5. The Morgan fingerprint density at radius 2 is 2.19 bits per heavy atom. The number of rotatable bonds is 2. The number of pyridine rings is 1. The van der Waals surface area contributed by atoms with Crippen molar-refractivity contribution in [3.8, 4) is 0 Å². The number of amides is 2. The first-order valence-electron chi connectivity index (χ1n) is 7.99. The normalized spacial score (nSPS) is 17.7. The number of hydrogen-bond acceptors (Lipinski definition) is 7. The molecule has 10 heteroatoms. The molecule has 134 valence electrons. The number of hydrogen-bond donors (Lipinski definition) is 1. The Morgan fingerprint density at radius 1 is 1.35 bits per heavy atom. The molecule has 2 aliphatic heterocycles. The van der Waals surface area contributed by atoms with Crippen LogP contribution in [-0.4, -0.2) is 53.2 Å². The number of fused-ring (bicyclic) bond motifs is 4. The van der Waals surface area contributed by atoms with Crippen LogP contribution in [0.3, 0.4) is 0 Å². The van der Waals surface area contributed by atoms with Gasteiger partial charge < -0.3 is 9.64 Å². The van der Waals surface area contributed by atoms with Crippen LogP contribution in [0, 0.1) is 0 Å². The Kier molecular flexibility index (Phi) is 4.08. The van der Waals surface area contributed by atoms with Crippen molar-refractivity contribution in [3.63, 3.8) is 0 Å². The SMILES string of the molecule is COC(=O)c1ccc2c(n1)N(C(=O)Nc1cc(Cl)ncn1)[C@H]1CCN2C1. The quantitative estimate of drug-likeness (QED) is 0.633. The average Bonchev–Trinajstić information content (AvgIpc) is 3.05. The zero-order chi connectivity index (χ0) is 18.3. The van der Waals surface area contributed by atoms with E-state index < -0.39 is 5.97 Å². The maximum Gasteiger partial charge on any atom is 0.356 e. The maximum absolute atomic E-state index is 12.9. The average molecular weight is 375 g/mol. The number of esters is 1. The molecule has 1 atom stereocenters. The molecule has 4 rings (SSSR count). The summed E-state index contributed by atoms with van der Waals surface area (Å²) in [5.41, 5.74) is 0.957. The van der Waals surface area contributed by atoms with Crippen molar-refractivity contribution in [2.24, 2.45) is 0 Å². The predicted octanol–water partition coefficient (Wildman–Crippen LogP) is 1.94. The highest BCUT2D eigenvalue weighted by molar-refractivity contribution is 6.29. The van der Waals surface area contributed by atoms with Crippen molar-refractivity contribution < 1.29 is 14.3 Å². The second-order valence-electron chi connectivity index (χ2n) is 5.95. The molecule has 1 N–H and O–H groups in total. The molecule has 2 amide bonds. The predicted molar refractivity (Wildman–Crippen MR) is 94.7 cm³/mol. The van der Waals surface area contributed by atoms with E-state index in [2.05, 4.69) is 25.2 Å². The number of aromatic nitrogens is 3. The minimum absolute atomic E-state index is 0.0415. The lowest BCUT2D eigenvalue weighted by Crippen LogP contribution is -2.48. The van der Waals surface area contributed by atoms with Gasteiger partial charge in [-0.25, -0.2) is 24.5 Å². The lowest BCUT2D eigenvalue weighted by Gasteiger charge is -2.35. The van der Waals surface area contributed by atoms with Gasteiger partial charge >= 0.3 is 12.0 Å². The van der Waals surface area contributed by atoms with Crippen molar-refractivity contribution in [1.29, 1.82) is 0 Å². The molecule has 0 spiro atoms. The van der Waals surface area contributed by atoms with Gasteiger partial charge in [0.25, 0.3) is 0 Å². The van der Waals surface area contributed by atoms with Gasteiger partial charge in [-0.2, -0.15) is 0 Å². The van der Waals surface area contributed by atoms with Crippen LogP contribution in [0.1, 0.15) is 16.9 Å². The van der Waals surface area contributed by atoms with Crippen LogP contribution in [0.5, 0.6) is 0 Å². The van der Waals surface area contributed by atoms with E-state index in [4.69, 9.17) is 16.3 Å². The van der Waals surface area contributed by atoms with Crippen LogP contribution in [0.15, 0.2) is 24.5 Å². The molecule has 2 aromatic rings. The minimum atomic E-state index is -0.552. The molecule has 0 aromatic carbocycles. The van der Waals surface area contributed by atoms with Gasteiger partial charge in [0.1, 0.15) is 17.3 Å². The van der Waals surface area contributed by atoms with E-state index in [-0.39, 0.29) is 22.9 Å². The molecular formula is C16H15ClN6O3. The molecule has 0 unspecified atom stereocenters. The molecule has 1 fully saturated rings. The fourth-order valence-electron chi connectivity index (χ4n) is 3.26. The second-order valence-corrected chi connectivity index (χ2v) is 6.33. The summed E-state index contributed by atoms with van der Waals surface area (Å²) in [4.78, 5) is 40.6. The van der Waals surface area contributed by atoms with Crippen LogP contribution < -0.4 is 15.1 Å². The van der Waals surface area contributed by atoms with Gasteiger partial charge in [0.15, 0.2) is 11.5 Å². The van der Waals surface area contributed by atoms with Gasteiger partial charge in [-0.3, -0.25) is 10.2 Å². The number of halogens is 1. The molecule has 1 saturated heterocycles. The smallest absolute Gasteiger partial charge is 0.356 e. The Balaban J connectivity index is 1.70. The van der Waals surface area contributed by atoms with Crippen molar-refractivity contribution in [2.75, 3.05) is 35.3 Å².